The van der Waals surface area contributed by atoms with Gasteiger partial charge in [-0.15, -0.1) is 0 Å². The Kier molecular flexibility index (Phi) is 7.41. The lowest BCUT2D eigenvalue weighted by Crippen LogP contribution is -2.35. The van der Waals surface area contributed by atoms with Gasteiger partial charge in [0.25, 0.3) is 5.91 Å². The summed E-state index contributed by atoms with van der Waals surface area (Å²) in [5.74, 6) is -2.23. The zero-order chi connectivity index (χ0) is 26.2. The monoisotopic (exact) mass is 539 g/mol. The molecule has 4 rings (SSSR count). The van der Waals surface area contributed by atoms with E-state index in [2.05, 4.69) is 0 Å². The first-order valence-corrected chi connectivity index (χ1v) is 11.7. The highest BCUT2D eigenvalue weighted by molar-refractivity contribution is 6.32. The molecule has 10 heteroatoms. The van der Waals surface area contributed by atoms with Gasteiger partial charge in [0.05, 0.1) is 18.2 Å². The molecule has 0 aliphatic carbocycles. The van der Waals surface area contributed by atoms with Gasteiger partial charge in [-0.2, -0.15) is 13.2 Å². The number of aliphatic hydroxyl groups is 1. The summed E-state index contributed by atoms with van der Waals surface area (Å²) >= 11 is 12.5. The molecule has 1 N–H and O–H groups in total. The van der Waals surface area contributed by atoms with Gasteiger partial charge in [0.15, 0.2) is 6.61 Å². The molecule has 2 unspecified atom stereocenters. The second-order valence-corrected chi connectivity index (χ2v) is 9.29. The predicted octanol–water partition coefficient (Wildman–Crippen LogP) is 7.08. The molecule has 0 fully saturated rings. The summed E-state index contributed by atoms with van der Waals surface area (Å²) in [4.78, 5) is 13.3. The normalized spacial score (nSPS) is 15.2. The standard InChI is InChI=1S/C26H22Cl2F3NO4/c1-14(19-7-6-18(11-21(19)28)36-17-5-3-16(12-33)20(27)10-17)25(26(29,30)31)15-4-8-23-22(9-15)32(2)24(34)13-35-23/h3-11,14,25,33H,12-13H2,1-2H3. The second-order valence-electron chi connectivity index (χ2n) is 8.47. The molecule has 0 radical (unpaired) electrons. The third kappa shape index (κ3) is 5.26. The van der Waals surface area contributed by atoms with Gasteiger partial charge in [-0.05, 0) is 59.0 Å². The Morgan fingerprint density at radius 1 is 1.06 bits per heavy atom. The smallest absolute Gasteiger partial charge is 0.396 e. The zero-order valence-corrected chi connectivity index (χ0v) is 20.8. The number of hydrogen-bond donors (Lipinski definition) is 1. The molecule has 0 spiro atoms. The number of anilines is 1. The van der Waals surface area contributed by atoms with Gasteiger partial charge in [0.2, 0.25) is 0 Å². The van der Waals surface area contributed by atoms with Crippen molar-refractivity contribution in [2.24, 2.45) is 0 Å². The van der Waals surface area contributed by atoms with Crippen molar-refractivity contribution < 1.29 is 32.5 Å². The molecule has 0 saturated carbocycles. The maximum absolute atomic E-state index is 14.3. The third-order valence-corrected chi connectivity index (χ3v) is 6.85. The Balaban J connectivity index is 1.64. The molecule has 36 heavy (non-hydrogen) atoms. The molecule has 3 aromatic rings. The number of carbonyl (C=O) groups is 1. The van der Waals surface area contributed by atoms with Crippen molar-refractivity contribution in [2.75, 3.05) is 18.6 Å². The van der Waals surface area contributed by atoms with Gasteiger partial charge < -0.3 is 19.5 Å². The van der Waals surface area contributed by atoms with Crippen molar-refractivity contribution in [3.8, 4) is 17.2 Å². The van der Waals surface area contributed by atoms with Crippen LogP contribution in [0.4, 0.5) is 18.9 Å². The van der Waals surface area contributed by atoms with Gasteiger partial charge in [0.1, 0.15) is 17.2 Å². The molecular weight excluding hydrogens is 518 g/mol. The summed E-state index contributed by atoms with van der Waals surface area (Å²) in [6.07, 6.45) is -4.59. The zero-order valence-electron chi connectivity index (χ0n) is 19.3. The number of halogens is 5. The molecule has 0 saturated heterocycles. The van der Waals surface area contributed by atoms with Crippen molar-refractivity contribution in [1.82, 2.24) is 0 Å². The van der Waals surface area contributed by atoms with Gasteiger partial charge >= 0.3 is 6.18 Å². The van der Waals surface area contributed by atoms with E-state index in [-0.39, 0.29) is 35.4 Å². The second kappa shape index (κ2) is 10.2. The van der Waals surface area contributed by atoms with Gasteiger partial charge in [-0.3, -0.25) is 4.79 Å². The van der Waals surface area contributed by atoms with E-state index in [0.29, 0.717) is 33.4 Å². The van der Waals surface area contributed by atoms with E-state index < -0.39 is 18.0 Å². The van der Waals surface area contributed by atoms with E-state index in [1.165, 1.54) is 61.3 Å². The first kappa shape index (κ1) is 26.1. The van der Waals surface area contributed by atoms with Gasteiger partial charge in [-0.1, -0.05) is 48.3 Å². The molecule has 0 bridgehead atoms. The Hall–Kier alpha value is -2.94. The lowest BCUT2D eigenvalue weighted by Gasteiger charge is -2.31. The molecule has 0 aromatic heterocycles. The summed E-state index contributed by atoms with van der Waals surface area (Å²) in [5, 5.41) is 9.67. The van der Waals surface area contributed by atoms with Crippen LogP contribution in [0.5, 0.6) is 17.2 Å². The molecule has 190 valence electrons. The topological polar surface area (TPSA) is 59.0 Å². The van der Waals surface area contributed by atoms with E-state index in [9.17, 15) is 23.1 Å². The molecule has 1 aliphatic heterocycles. The summed E-state index contributed by atoms with van der Waals surface area (Å²) in [6, 6.07) is 13.4. The van der Waals surface area contributed by atoms with Crippen LogP contribution in [0.25, 0.3) is 0 Å². The van der Waals surface area contributed by atoms with Crippen molar-refractivity contribution in [2.45, 2.75) is 31.5 Å². The lowest BCUT2D eigenvalue weighted by atomic mass is 9.81. The van der Waals surface area contributed by atoms with Gasteiger partial charge in [-0.25, -0.2) is 0 Å². The quantitative estimate of drug-likeness (QED) is 0.363. The van der Waals surface area contributed by atoms with Crippen LogP contribution in [0.3, 0.4) is 0 Å². The largest absolute Gasteiger partial charge is 0.482 e. The Labute approximate surface area is 216 Å². The minimum Gasteiger partial charge on any atom is -0.482 e. The minimum absolute atomic E-state index is 0.00564. The molecule has 1 heterocycles. The minimum atomic E-state index is -4.59. The van der Waals surface area contributed by atoms with Crippen LogP contribution < -0.4 is 14.4 Å². The predicted molar refractivity (Wildman–Crippen MR) is 131 cm³/mol. The van der Waals surface area contributed by atoms with Crippen LogP contribution in [-0.4, -0.2) is 30.8 Å². The highest BCUT2D eigenvalue weighted by Crippen LogP contribution is 2.48. The number of benzene rings is 3. The van der Waals surface area contributed by atoms with E-state index in [4.69, 9.17) is 32.7 Å². The van der Waals surface area contributed by atoms with Crippen molar-refractivity contribution in [3.05, 3.63) is 81.3 Å². The molecule has 1 aliphatic rings. The number of likely N-dealkylation sites (N-methyl/N-ethyl adjacent to an activating group) is 1. The molecule has 3 aromatic carbocycles. The Bertz CT molecular complexity index is 1300. The number of amides is 1. The number of rotatable bonds is 6. The number of alkyl halides is 3. The van der Waals surface area contributed by atoms with Crippen LogP contribution in [0, 0.1) is 0 Å². The summed E-state index contributed by atoms with van der Waals surface area (Å²) in [6.45, 7) is 1.07. The summed E-state index contributed by atoms with van der Waals surface area (Å²) in [5.41, 5.74) is 1.10. The van der Waals surface area contributed by atoms with Crippen molar-refractivity contribution in [1.29, 1.82) is 0 Å². The highest BCUT2D eigenvalue weighted by atomic mass is 35.5. The molecular formula is C26H22Cl2F3NO4. The van der Waals surface area contributed by atoms with Crippen molar-refractivity contribution >= 4 is 34.8 Å². The maximum Gasteiger partial charge on any atom is 0.396 e. The number of aliphatic hydroxyl groups excluding tert-OH is 1. The fourth-order valence-electron chi connectivity index (χ4n) is 4.22. The fourth-order valence-corrected chi connectivity index (χ4v) is 4.79. The van der Waals surface area contributed by atoms with Crippen LogP contribution in [0.1, 0.15) is 35.4 Å². The van der Waals surface area contributed by atoms with E-state index >= 15 is 0 Å². The van der Waals surface area contributed by atoms with Crippen LogP contribution in [-0.2, 0) is 11.4 Å². The number of fused-ring (bicyclic) bond motifs is 1. The first-order chi connectivity index (χ1) is 17.0. The van der Waals surface area contributed by atoms with Crippen molar-refractivity contribution in [3.63, 3.8) is 0 Å². The third-order valence-electron chi connectivity index (χ3n) is 6.17. The fraction of sp³-hybridized carbons (Fsp3) is 0.269. The van der Waals surface area contributed by atoms with Gasteiger partial charge in [0, 0.05) is 17.1 Å². The number of nitrogens with zero attached hydrogens (tertiary/aromatic N) is 1. The molecule has 2 atom stereocenters. The highest BCUT2D eigenvalue weighted by Gasteiger charge is 2.45. The lowest BCUT2D eigenvalue weighted by molar-refractivity contribution is -0.154. The van der Waals surface area contributed by atoms with Crippen LogP contribution >= 0.6 is 23.2 Å². The number of carbonyl (C=O) groups excluding carboxylic acids is 1. The Morgan fingerprint density at radius 3 is 2.33 bits per heavy atom. The first-order valence-electron chi connectivity index (χ1n) is 11.0. The SMILES string of the molecule is CC(c1ccc(Oc2ccc(CO)c(Cl)c2)cc1Cl)C(c1ccc2c(c1)N(C)C(=O)CO2)C(F)(F)F. The average molecular weight is 540 g/mol. The number of hydrogen-bond acceptors (Lipinski definition) is 4. The molecule has 5 nitrogen and oxygen atoms in total. The Morgan fingerprint density at radius 2 is 1.72 bits per heavy atom. The maximum atomic E-state index is 14.3. The van der Waals surface area contributed by atoms with Crippen LogP contribution in [0.2, 0.25) is 10.0 Å². The van der Waals surface area contributed by atoms with Crippen LogP contribution in [0.15, 0.2) is 54.6 Å². The number of ether oxygens (including phenoxy) is 2. The van der Waals surface area contributed by atoms with E-state index in [1.807, 2.05) is 0 Å². The van der Waals surface area contributed by atoms with E-state index in [0.717, 1.165) is 0 Å². The average Bonchev–Trinajstić information content (AvgIpc) is 2.81. The molecule has 1 amide bonds. The summed E-state index contributed by atoms with van der Waals surface area (Å²) in [7, 11) is 1.50. The van der Waals surface area contributed by atoms with E-state index in [1.54, 1.807) is 12.1 Å². The summed E-state index contributed by atoms with van der Waals surface area (Å²) < 4.78 is 54.1.